The number of hydrogen-bond donors (Lipinski definition) is 1. The zero-order valence-electron chi connectivity index (χ0n) is 10.4. The third kappa shape index (κ3) is 2.49. The first-order chi connectivity index (χ1) is 7.74. The quantitative estimate of drug-likeness (QED) is 0.817. The fourth-order valence-corrected chi connectivity index (χ4v) is 2.19. The van der Waals surface area contributed by atoms with E-state index >= 15 is 0 Å². The highest BCUT2D eigenvalue weighted by atomic mass is 16.5. The van der Waals surface area contributed by atoms with Gasteiger partial charge in [0.25, 0.3) is 0 Å². The van der Waals surface area contributed by atoms with Crippen LogP contribution in [-0.2, 0) is 0 Å². The van der Waals surface area contributed by atoms with Gasteiger partial charge < -0.3 is 10.1 Å². The molecule has 1 saturated carbocycles. The second-order valence-electron chi connectivity index (χ2n) is 4.70. The Morgan fingerprint density at radius 3 is 2.75 bits per heavy atom. The molecule has 1 fully saturated rings. The number of methoxy groups -OCH3 is 1. The summed E-state index contributed by atoms with van der Waals surface area (Å²) in [5.74, 6) is 1.82. The first kappa shape index (κ1) is 11.3. The molecule has 2 nitrogen and oxygen atoms in total. The Bertz CT molecular complexity index is 358. The molecule has 0 aliphatic heterocycles. The van der Waals surface area contributed by atoms with E-state index in [9.17, 15) is 0 Å². The smallest absolute Gasteiger partial charge is 0.141 e. The lowest BCUT2D eigenvalue weighted by molar-refractivity contribution is 0.415. The summed E-state index contributed by atoms with van der Waals surface area (Å²) in [5, 5.41) is 3.63. The maximum absolute atomic E-state index is 5.38. The van der Waals surface area contributed by atoms with Crippen molar-refractivity contribution in [2.45, 2.75) is 39.2 Å². The zero-order chi connectivity index (χ0) is 11.5. The first-order valence-electron chi connectivity index (χ1n) is 6.15. The van der Waals surface area contributed by atoms with Gasteiger partial charge in [0.1, 0.15) is 5.75 Å². The standard InChI is InChI=1S/C14H21NO/c1-4-12(11-6-7-11)15-13-9-10(2)5-8-14(13)16-3/h5,8-9,11-12,15H,4,6-7H2,1-3H3. The summed E-state index contributed by atoms with van der Waals surface area (Å²) in [7, 11) is 1.73. The summed E-state index contributed by atoms with van der Waals surface area (Å²) in [4.78, 5) is 0. The van der Waals surface area contributed by atoms with E-state index < -0.39 is 0 Å². The molecule has 2 rings (SSSR count). The molecule has 1 unspecified atom stereocenters. The molecule has 0 saturated heterocycles. The first-order valence-corrected chi connectivity index (χ1v) is 6.15. The summed E-state index contributed by atoms with van der Waals surface area (Å²) in [5.41, 5.74) is 2.41. The van der Waals surface area contributed by atoms with Crippen molar-refractivity contribution in [3.63, 3.8) is 0 Å². The van der Waals surface area contributed by atoms with Gasteiger partial charge in [0.2, 0.25) is 0 Å². The van der Waals surface area contributed by atoms with Crippen LogP contribution in [0, 0.1) is 12.8 Å². The lowest BCUT2D eigenvalue weighted by atomic mass is 10.1. The minimum absolute atomic E-state index is 0.607. The predicted molar refractivity (Wildman–Crippen MR) is 68.2 cm³/mol. The molecule has 0 bridgehead atoms. The molecule has 1 aromatic carbocycles. The largest absolute Gasteiger partial charge is 0.495 e. The monoisotopic (exact) mass is 219 g/mol. The lowest BCUT2D eigenvalue weighted by Gasteiger charge is -2.20. The number of anilines is 1. The van der Waals surface area contributed by atoms with Crippen LogP contribution in [0.2, 0.25) is 0 Å². The highest BCUT2D eigenvalue weighted by molar-refractivity contribution is 5.58. The van der Waals surface area contributed by atoms with Gasteiger partial charge >= 0.3 is 0 Å². The van der Waals surface area contributed by atoms with Crippen molar-refractivity contribution in [3.05, 3.63) is 23.8 Å². The van der Waals surface area contributed by atoms with E-state index in [1.807, 2.05) is 6.07 Å². The van der Waals surface area contributed by atoms with E-state index in [2.05, 4.69) is 31.3 Å². The summed E-state index contributed by atoms with van der Waals surface area (Å²) in [6.07, 6.45) is 3.93. The SMILES string of the molecule is CCC(Nc1cc(C)ccc1OC)C1CC1. The van der Waals surface area contributed by atoms with Crippen LogP contribution in [0.15, 0.2) is 18.2 Å². The second-order valence-corrected chi connectivity index (χ2v) is 4.70. The molecular formula is C14H21NO. The molecule has 1 aliphatic rings. The molecular weight excluding hydrogens is 198 g/mol. The Balaban J connectivity index is 2.14. The van der Waals surface area contributed by atoms with Gasteiger partial charge in [-0.3, -0.25) is 0 Å². The van der Waals surface area contributed by atoms with E-state index in [1.54, 1.807) is 7.11 Å². The van der Waals surface area contributed by atoms with E-state index in [-0.39, 0.29) is 0 Å². The molecule has 2 heteroatoms. The highest BCUT2D eigenvalue weighted by Crippen LogP contribution is 2.37. The number of aryl methyl sites for hydroxylation is 1. The van der Waals surface area contributed by atoms with Crippen molar-refractivity contribution in [1.82, 2.24) is 0 Å². The van der Waals surface area contributed by atoms with Crippen molar-refractivity contribution in [2.24, 2.45) is 5.92 Å². The van der Waals surface area contributed by atoms with Crippen molar-refractivity contribution in [1.29, 1.82) is 0 Å². The van der Waals surface area contributed by atoms with Crippen LogP contribution < -0.4 is 10.1 Å². The van der Waals surface area contributed by atoms with Crippen molar-refractivity contribution in [2.75, 3.05) is 12.4 Å². The molecule has 0 radical (unpaired) electrons. The van der Waals surface area contributed by atoms with Crippen molar-refractivity contribution >= 4 is 5.69 Å². The summed E-state index contributed by atoms with van der Waals surface area (Å²) >= 11 is 0. The molecule has 0 aromatic heterocycles. The number of benzene rings is 1. The third-order valence-electron chi connectivity index (χ3n) is 3.33. The van der Waals surface area contributed by atoms with Crippen LogP contribution in [-0.4, -0.2) is 13.2 Å². The molecule has 1 aromatic rings. The van der Waals surface area contributed by atoms with E-state index in [0.29, 0.717) is 6.04 Å². The van der Waals surface area contributed by atoms with Crippen LogP contribution in [0.3, 0.4) is 0 Å². The van der Waals surface area contributed by atoms with Gasteiger partial charge in [0.15, 0.2) is 0 Å². The fourth-order valence-electron chi connectivity index (χ4n) is 2.19. The minimum Gasteiger partial charge on any atom is -0.495 e. The number of hydrogen-bond acceptors (Lipinski definition) is 2. The fraction of sp³-hybridized carbons (Fsp3) is 0.571. The Labute approximate surface area is 98.0 Å². The van der Waals surface area contributed by atoms with Crippen LogP contribution in [0.1, 0.15) is 31.7 Å². The Hall–Kier alpha value is -1.18. The molecule has 1 aliphatic carbocycles. The molecule has 1 N–H and O–H groups in total. The third-order valence-corrected chi connectivity index (χ3v) is 3.33. The maximum Gasteiger partial charge on any atom is 0.141 e. The van der Waals surface area contributed by atoms with Gasteiger partial charge in [-0.15, -0.1) is 0 Å². The molecule has 0 spiro atoms. The zero-order valence-corrected chi connectivity index (χ0v) is 10.4. The van der Waals surface area contributed by atoms with Crippen molar-refractivity contribution < 1.29 is 4.74 Å². The highest BCUT2D eigenvalue weighted by Gasteiger charge is 2.30. The van der Waals surface area contributed by atoms with Crippen LogP contribution in [0.4, 0.5) is 5.69 Å². The number of rotatable bonds is 5. The maximum atomic E-state index is 5.38. The Morgan fingerprint density at radius 1 is 1.44 bits per heavy atom. The van der Waals surface area contributed by atoms with Crippen LogP contribution in [0.25, 0.3) is 0 Å². The van der Waals surface area contributed by atoms with Gasteiger partial charge in [-0.25, -0.2) is 0 Å². The topological polar surface area (TPSA) is 21.3 Å². The normalized spacial score (nSPS) is 16.9. The summed E-state index contributed by atoms with van der Waals surface area (Å²) in [6, 6.07) is 6.90. The molecule has 0 amide bonds. The average molecular weight is 219 g/mol. The van der Waals surface area contributed by atoms with Crippen molar-refractivity contribution in [3.8, 4) is 5.75 Å². The second kappa shape index (κ2) is 4.77. The number of ether oxygens (including phenoxy) is 1. The molecule has 1 atom stereocenters. The Kier molecular flexibility index (Phi) is 3.37. The summed E-state index contributed by atoms with van der Waals surface area (Å²) in [6.45, 7) is 4.36. The Morgan fingerprint density at radius 2 is 2.19 bits per heavy atom. The average Bonchev–Trinajstić information content (AvgIpc) is 3.10. The molecule has 16 heavy (non-hydrogen) atoms. The van der Waals surface area contributed by atoms with Gasteiger partial charge in [-0.2, -0.15) is 0 Å². The van der Waals surface area contributed by atoms with Gasteiger partial charge in [0.05, 0.1) is 12.8 Å². The van der Waals surface area contributed by atoms with Gasteiger partial charge in [0, 0.05) is 6.04 Å². The number of nitrogens with one attached hydrogen (secondary N) is 1. The molecule has 0 heterocycles. The minimum atomic E-state index is 0.607. The van der Waals surface area contributed by atoms with E-state index in [4.69, 9.17) is 4.74 Å². The van der Waals surface area contributed by atoms with Crippen LogP contribution in [0.5, 0.6) is 5.75 Å². The van der Waals surface area contributed by atoms with E-state index in [1.165, 1.54) is 24.8 Å². The van der Waals surface area contributed by atoms with Gasteiger partial charge in [-0.1, -0.05) is 13.0 Å². The predicted octanol–water partition coefficient (Wildman–Crippen LogP) is 3.60. The summed E-state index contributed by atoms with van der Waals surface area (Å²) < 4.78 is 5.38. The van der Waals surface area contributed by atoms with Crippen LogP contribution >= 0.6 is 0 Å². The lowest BCUT2D eigenvalue weighted by Crippen LogP contribution is -2.21. The molecule has 88 valence electrons. The van der Waals surface area contributed by atoms with Gasteiger partial charge in [-0.05, 0) is 49.8 Å². The van der Waals surface area contributed by atoms with E-state index in [0.717, 1.165) is 17.4 Å².